The molecule has 0 aliphatic carbocycles. The van der Waals surface area contributed by atoms with Crippen molar-refractivity contribution in [2.75, 3.05) is 18.9 Å². The molecule has 1 saturated heterocycles. The Morgan fingerprint density at radius 3 is 2.83 bits per heavy atom. The molecule has 214 valence electrons. The number of halogens is 1. The fraction of sp³-hybridized carbons (Fsp3) is 0.421. The molecule has 21 heteroatoms. The van der Waals surface area contributed by atoms with E-state index in [-0.39, 0.29) is 42.4 Å². The maximum absolute atomic E-state index is 15.8. The van der Waals surface area contributed by atoms with Crippen molar-refractivity contribution in [3.8, 4) is 0 Å². The zero-order chi connectivity index (χ0) is 28.2. The molecule has 16 nitrogen and oxygen atoms in total. The topological polar surface area (TPSA) is 201 Å². The first-order valence-corrected chi connectivity index (χ1v) is 17.0. The third kappa shape index (κ3) is 5.33. The predicted octanol–water partition coefficient (Wildman–Crippen LogP) is 2.41. The fourth-order valence-corrected chi connectivity index (χ4v) is 7.01. The van der Waals surface area contributed by atoms with Crippen molar-refractivity contribution in [1.82, 2.24) is 34.1 Å². The number of hydrogen-bond donors (Lipinski definition) is 4. The SMILES string of the molecule is Nc1cc2c(ncn2[C@@H]2O[C@@H]3COP(=O)(S)OCCn4c(nc5cncnc54)COP(=O)(S)O[C@@H]2[C@@H]3F)c(=O)[nH]1. The van der Waals surface area contributed by atoms with E-state index in [9.17, 15) is 13.9 Å². The van der Waals surface area contributed by atoms with Gasteiger partial charge in [0.1, 0.15) is 42.3 Å². The third-order valence-corrected chi connectivity index (χ3v) is 9.48. The maximum atomic E-state index is 15.8. The van der Waals surface area contributed by atoms with Crippen LogP contribution in [0.25, 0.3) is 22.2 Å². The van der Waals surface area contributed by atoms with Crippen LogP contribution in [0.4, 0.5) is 10.2 Å². The molecule has 0 spiro atoms. The van der Waals surface area contributed by atoms with Crippen molar-refractivity contribution in [2.24, 2.45) is 0 Å². The summed E-state index contributed by atoms with van der Waals surface area (Å²) in [5.74, 6) is 0.260. The van der Waals surface area contributed by atoms with Crippen molar-refractivity contribution in [1.29, 1.82) is 0 Å². The minimum absolute atomic E-state index is 0.00522. The van der Waals surface area contributed by atoms with Gasteiger partial charge in [0.05, 0.1) is 31.3 Å². The normalized spacial score (nSPS) is 32.1. The van der Waals surface area contributed by atoms with Crippen molar-refractivity contribution >= 4 is 66.1 Å². The van der Waals surface area contributed by atoms with Gasteiger partial charge in [-0.2, -0.15) is 0 Å². The Bertz CT molecular complexity index is 1750. The smallest absolute Gasteiger partial charge is 0.385 e. The van der Waals surface area contributed by atoms with Gasteiger partial charge in [-0.05, 0) is 0 Å². The van der Waals surface area contributed by atoms with E-state index < -0.39 is 50.4 Å². The van der Waals surface area contributed by atoms with Crippen LogP contribution < -0.4 is 11.3 Å². The molecule has 1 fully saturated rings. The van der Waals surface area contributed by atoms with Gasteiger partial charge in [0, 0.05) is 12.6 Å². The van der Waals surface area contributed by atoms with Crippen molar-refractivity contribution in [3.05, 3.63) is 41.1 Å². The highest BCUT2D eigenvalue weighted by Crippen LogP contribution is 2.58. The number of alkyl halides is 1. The van der Waals surface area contributed by atoms with Crippen LogP contribution in [-0.4, -0.2) is 65.6 Å². The second-order valence-corrected chi connectivity index (χ2v) is 14.6. The van der Waals surface area contributed by atoms with Gasteiger partial charge in [-0.25, -0.2) is 33.5 Å². The Labute approximate surface area is 234 Å². The number of nitrogen functional groups attached to an aromatic ring is 1. The second kappa shape index (κ2) is 10.5. The first-order valence-electron chi connectivity index (χ1n) is 11.6. The van der Waals surface area contributed by atoms with E-state index >= 15 is 4.39 Å². The van der Waals surface area contributed by atoms with Gasteiger partial charge in [-0.15, -0.1) is 0 Å². The van der Waals surface area contributed by atoms with E-state index in [1.807, 2.05) is 0 Å². The number of ether oxygens (including phenoxy) is 1. The summed E-state index contributed by atoms with van der Waals surface area (Å²) in [4.78, 5) is 31.3. The summed E-state index contributed by atoms with van der Waals surface area (Å²) in [5, 5.41) is 0. The molecule has 3 N–H and O–H groups in total. The van der Waals surface area contributed by atoms with E-state index in [2.05, 4.69) is 49.4 Å². The van der Waals surface area contributed by atoms with E-state index in [0.717, 1.165) is 0 Å². The lowest BCUT2D eigenvalue weighted by atomic mass is 10.1. The number of nitrogens with zero attached hydrogens (tertiary/aromatic N) is 6. The minimum Gasteiger partial charge on any atom is -0.385 e. The standard InChI is InChI=1S/C19H21FN8O8P2S2/c20-14-11-5-33-37(30,39)32-2-1-27-13(25-9-4-22-7-23-17(9)27)6-34-38(31,40)36-16(14)19(35-11)28-8-24-15-10(28)3-12(21)26-18(15)29/h3-4,7-8,11,14,16,19H,1-2,5-6H2,(H,30,39)(H,31,40)(H3,21,26,29)/t11-,14-,16-,19-,37?,38?/m1/s1. The number of aromatic nitrogens is 7. The molecule has 40 heavy (non-hydrogen) atoms. The van der Waals surface area contributed by atoms with Gasteiger partial charge in [-0.1, -0.05) is 24.5 Å². The monoisotopic (exact) mass is 634 g/mol. The molecule has 6 rings (SSSR count). The summed E-state index contributed by atoms with van der Waals surface area (Å²) in [6.45, 7) is -9.30. The van der Waals surface area contributed by atoms with Crippen LogP contribution in [0.2, 0.25) is 0 Å². The Morgan fingerprint density at radius 2 is 2.00 bits per heavy atom. The Morgan fingerprint density at radius 1 is 1.18 bits per heavy atom. The van der Waals surface area contributed by atoms with E-state index in [4.69, 9.17) is 28.6 Å². The number of aromatic amines is 1. The number of thiol groups is 2. The van der Waals surface area contributed by atoms with Crippen LogP contribution in [0.3, 0.4) is 0 Å². The second-order valence-electron chi connectivity index (χ2n) is 8.77. The highest BCUT2D eigenvalue weighted by atomic mass is 32.7. The highest BCUT2D eigenvalue weighted by molar-refractivity contribution is 8.44. The van der Waals surface area contributed by atoms with Crippen molar-refractivity contribution < 1.29 is 36.4 Å². The average molecular weight is 635 g/mol. The largest absolute Gasteiger partial charge is 0.387 e. The summed E-state index contributed by atoms with van der Waals surface area (Å²) in [6, 6.07) is 1.40. The predicted molar refractivity (Wildman–Crippen MR) is 144 cm³/mol. The number of imidazole rings is 2. The lowest BCUT2D eigenvalue weighted by Gasteiger charge is -2.24. The number of fused-ring (bicyclic) bond motifs is 6. The van der Waals surface area contributed by atoms with Crippen molar-refractivity contribution in [2.45, 2.75) is 37.8 Å². The number of nitrogens with one attached hydrogen (secondary N) is 1. The molecular weight excluding hydrogens is 613 g/mol. The van der Waals surface area contributed by atoms with Crippen LogP contribution in [0.5, 0.6) is 0 Å². The molecule has 4 aromatic rings. The molecule has 4 aromatic heterocycles. The van der Waals surface area contributed by atoms with Gasteiger partial charge < -0.3 is 24.6 Å². The Balaban J connectivity index is 1.38. The molecular formula is C19H21FN8O8P2S2. The van der Waals surface area contributed by atoms with Gasteiger partial charge >= 0.3 is 13.6 Å². The maximum Gasteiger partial charge on any atom is 0.387 e. The third-order valence-electron chi connectivity index (χ3n) is 6.21. The summed E-state index contributed by atoms with van der Waals surface area (Å²) in [5.41, 5.74) is 6.19. The lowest BCUT2D eigenvalue weighted by Crippen LogP contribution is -2.31. The van der Waals surface area contributed by atoms with Gasteiger partial charge in [0.15, 0.2) is 23.6 Å². The van der Waals surface area contributed by atoms with E-state index in [1.54, 1.807) is 4.57 Å². The van der Waals surface area contributed by atoms with Gasteiger partial charge in [0.2, 0.25) is 0 Å². The molecule has 6 heterocycles. The molecule has 0 aromatic carbocycles. The quantitative estimate of drug-likeness (QED) is 0.176. The number of rotatable bonds is 1. The molecule has 2 unspecified atom stereocenters. The molecule has 2 aliphatic rings. The lowest BCUT2D eigenvalue weighted by molar-refractivity contribution is -0.0441. The number of hydrogen-bond acceptors (Lipinski definition) is 13. The van der Waals surface area contributed by atoms with Crippen LogP contribution in [0.15, 0.2) is 29.7 Å². The van der Waals surface area contributed by atoms with Crippen LogP contribution >= 0.6 is 38.1 Å². The summed E-state index contributed by atoms with van der Waals surface area (Å²) in [7, 11) is 0. The number of H-pyrrole nitrogens is 1. The van der Waals surface area contributed by atoms with Gasteiger partial charge in [0.25, 0.3) is 5.56 Å². The van der Waals surface area contributed by atoms with Gasteiger partial charge in [-0.3, -0.25) is 22.9 Å². The summed E-state index contributed by atoms with van der Waals surface area (Å²) < 4.78 is 72.5. The zero-order valence-corrected chi connectivity index (χ0v) is 23.7. The molecule has 0 saturated carbocycles. The van der Waals surface area contributed by atoms with E-state index in [1.165, 1.54) is 29.5 Å². The van der Waals surface area contributed by atoms with Crippen LogP contribution in [0.1, 0.15) is 12.1 Å². The number of nitrogens with two attached hydrogens (primary N) is 1. The molecule has 0 amide bonds. The minimum atomic E-state index is -4.28. The fourth-order valence-electron chi connectivity index (χ4n) is 4.48. The average Bonchev–Trinajstić information content (AvgIpc) is 3.55. The van der Waals surface area contributed by atoms with E-state index in [0.29, 0.717) is 11.2 Å². The van der Waals surface area contributed by atoms with Crippen LogP contribution in [0, 0.1) is 0 Å². The summed E-state index contributed by atoms with van der Waals surface area (Å²) >= 11 is 8.04. The Kier molecular flexibility index (Phi) is 7.29. The molecule has 2 bridgehead atoms. The van der Waals surface area contributed by atoms with Crippen LogP contribution in [-0.2, 0) is 45.1 Å². The van der Waals surface area contributed by atoms with Crippen molar-refractivity contribution in [3.63, 3.8) is 0 Å². The molecule has 2 aliphatic heterocycles. The number of anilines is 1. The first kappa shape index (κ1) is 27.8. The first-order chi connectivity index (χ1) is 19.0. The highest BCUT2D eigenvalue weighted by Gasteiger charge is 2.51. The Hall–Kier alpha value is -2.34. The molecule has 6 atom stereocenters. The summed E-state index contributed by atoms with van der Waals surface area (Å²) in [6.07, 6.45) is -2.33. The zero-order valence-electron chi connectivity index (χ0n) is 20.1. The molecule has 0 radical (unpaired) electrons. The number of pyridine rings is 1.